The van der Waals surface area contributed by atoms with E-state index in [1.54, 1.807) is 7.11 Å². The first-order valence-corrected chi connectivity index (χ1v) is 7.82. The van der Waals surface area contributed by atoms with Crippen LogP contribution in [-0.2, 0) is 6.54 Å². The molecule has 0 bridgehead atoms. The molecule has 20 heavy (non-hydrogen) atoms. The summed E-state index contributed by atoms with van der Waals surface area (Å²) in [6.07, 6.45) is 2.68. The first kappa shape index (κ1) is 15.3. The fourth-order valence-corrected chi connectivity index (χ4v) is 3.07. The summed E-state index contributed by atoms with van der Waals surface area (Å²) in [5.74, 6) is 1.74. The van der Waals surface area contributed by atoms with E-state index in [1.807, 2.05) is 12.1 Å². The normalized spacial score (nSPS) is 21.6. The van der Waals surface area contributed by atoms with Gasteiger partial charge in [0.2, 0.25) is 0 Å². The van der Waals surface area contributed by atoms with Crippen LogP contribution in [0.1, 0.15) is 32.3 Å². The number of ether oxygens (including phenoxy) is 1. The van der Waals surface area contributed by atoms with Crippen molar-refractivity contribution < 1.29 is 4.74 Å². The van der Waals surface area contributed by atoms with Crippen molar-refractivity contribution >= 4 is 0 Å². The SMILES string of the molecule is CCN1CCCC(C(C)NCc2ccccc2OC)C1. The Hall–Kier alpha value is -1.06. The van der Waals surface area contributed by atoms with Crippen molar-refractivity contribution in [2.24, 2.45) is 5.92 Å². The monoisotopic (exact) mass is 276 g/mol. The summed E-state index contributed by atoms with van der Waals surface area (Å²) in [6.45, 7) is 9.14. The summed E-state index contributed by atoms with van der Waals surface area (Å²) in [6, 6.07) is 8.81. The van der Waals surface area contributed by atoms with Crippen LogP contribution in [0, 0.1) is 5.92 Å². The van der Waals surface area contributed by atoms with Crippen LogP contribution in [0.5, 0.6) is 5.75 Å². The van der Waals surface area contributed by atoms with Crippen LogP contribution in [0.3, 0.4) is 0 Å². The van der Waals surface area contributed by atoms with Crippen molar-refractivity contribution in [3.05, 3.63) is 29.8 Å². The van der Waals surface area contributed by atoms with Gasteiger partial charge in [0.1, 0.15) is 5.75 Å². The summed E-state index contributed by atoms with van der Waals surface area (Å²) >= 11 is 0. The van der Waals surface area contributed by atoms with E-state index in [2.05, 4.69) is 36.2 Å². The molecule has 2 unspecified atom stereocenters. The van der Waals surface area contributed by atoms with E-state index in [9.17, 15) is 0 Å². The van der Waals surface area contributed by atoms with Crippen molar-refractivity contribution in [1.29, 1.82) is 0 Å². The number of likely N-dealkylation sites (tertiary alicyclic amines) is 1. The lowest BCUT2D eigenvalue weighted by Crippen LogP contribution is -2.44. The average molecular weight is 276 g/mol. The average Bonchev–Trinajstić information content (AvgIpc) is 2.52. The van der Waals surface area contributed by atoms with Crippen LogP contribution >= 0.6 is 0 Å². The van der Waals surface area contributed by atoms with Crippen LogP contribution in [-0.4, -0.2) is 37.7 Å². The van der Waals surface area contributed by atoms with Crippen LogP contribution in [0.25, 0.3) is 0 Å². The van der Waals surface area contributed by atoms with Gasteiger partial charge in [-0.25, -0.2) is 0 Å². The second-order valence-corrected chi connectivity index (χ2v) is 5.78. The molecule has 1 saturated heterocycles. The van der Waals surface area contributed by atoms with Crippen molar-refractivity contribution in [2.75, 3.05) is 26.7 Å². The lowest BCUT2D eigenvalue weighted by Gasteiger charge is -2.35. The van der Waals surface area contributed by atoms with E-state index in [1.165, 1.54) is 38.0 Å². The highest BCUT2D eigenvalue weighted by molar-refractivity contribution is 5.33. The van der Waals surface area contributed by atoms with E-state index in [-0.39, 0.29) is 0 Å². The van der Waals surface area contributed by atoms with Gasteiger partial charge in [-0.3, -0.25) is 0 Å². The first-order valence-electron chi connectivity index (χ1n) is 7.82. The molecule has 1 aromatic rings. The minimum Gasteiger partial charge on any atom is -0.496 e. The molecule has 3 nitrogen and oxygen atoms in total. The number of hydrogen-bond donors (Lipinski definition) is 1. The number of methoxy groups -OCH3 is 1. The van der Waals surface area contributed by atoms with Gasteiger partial charge in [0.15, 0.2) is 0 Å². The summed E-state index contributed by atoms with van der Waals surface area (Å²) in [7, 11) is 1.74. The molecule has 0 aliphatic carbocycles. The van der Waals surface area contributed by atoms with Crippen LogP contribution in [0.15, 0.2) is 24.3 Å². The fraction of sp³-hybridized carbons (Fsp3) is 0.647. The maximum atomic E-state index is 5.41. The minimum absolute atomic E-state index is 0.550. The second kappa shape index (κ2) is 7.65. The first-order chi connectivity index (χ1) is 9.74. The number of rotatable bonds is 6. The number of para-hydroxylation sites is 1. The molecule has 2 rings (SSSR count). The Morgan fingerprint density at radius 3 is 2.95 bits per heavy atom. The molecule has 0 saturated carbocycles. The molecule has 1 fully saturated rings. The highest BCUT2D eigenvalue weighted by Crippen LogP contribution is 2.21. The molecular formula is C17H28N2O. The third kappa shape index (κ3) is 3.97. The van der Waals surface area contributed by atoms with E-state index in [0.29, 0.717) is 6.04 Å². The minimum atomic E-state index is 0.550. The molecule has 0 aromatic heterocycles. The number of benzene rings is 1. The molecule has 1 aliphatic rings. The van der Waals surface area contributed by atoms with Gasteiger partial charge in [0.05, 0.1) is 7.11 Å². The predicted molar refractivity (Wildman–Crippen MR) is 84.1 cm³/mol. The van der Waals surface area contributed by atoms with Crippen LogP contribution < -0.4 is 10.1 Å². The maximum absolute atomic E-state index is 5.41. The van der Waals surface area contributed by atoms with Crippen molar-refractivity contribution in [3.8, 4) is 5.75 Å². The van der Waals surface area contributed by atoms with Gasteiger partial charge in [0.25, 0.3) is 0 Å². The number of nitrogens with zero attached hydrogens (tertiary/aromatic N) is 1. The molecule has 0 radical (unpaired) electrons. The van der Waals surface area contributed by atoms with Gasteiger partial charge in [0, 0.05) is 24.7 Å². The van der Waals surface area contributed by atoms with E-state index in [0.717, 1.165) is 18.2 Å². The van der Waals surface area contributed by atoms with Gasteiger partial charge in [-0.1, -0.05) is 25.1 Å². The Kier molecular flexibility index (Phi) is 5.86. The molecule has 0 spiro atoms. The quantitative estimate of drug-likeness (QED) is 0.864. The highest BCUT2D eigenvalue weighted by Gasteiger charge is 2.23. The van der Waals surface area contributed by atoms with Crippen molar-refractivity contribution in [2.45, 2.75) is 39.3 Å². The molecule has 1 aromatic carbocycles. The molecule has 1 heterocycles. The summed E-state index contributed by atoms with van der Waals surface area (Å²) in [5, 5.41) is 3.68. The van der Waals surface area contributed by atoms with E-state index < -0.39 is 0 Å². The van der Waals surface area contributed by atoms with Gasteiger partial charge in [-0.15, -0.1) is 0 Å². The lowest BCUT2D eigenvalue weighted by molar-refractivity contribution is 0.156. The third-order valence-corrected chi connectivity index (χ3v) is 4.50. The Morgan fingerprint density at radius 2 is 2.20 bits per heavy atom. The molecule has 112 valence electrons. The topological polar surface area (TPSA) is 24.5 Å². The number of nitrogens with one attached hydrogen (secondary N) is 1. The Labute approximate surface area is 123 Å². The Bertz CT molecular complexity index is 408. The molecule has 2 atom stereocenters. The number of piperidine rings is 1. The van der Waals surface area contributed by atoms with Crippen molar-refractivity contribution in [3.63, 3.8) is 0 Å². The largest absolute Gasteiger partial charge is 0.496 e. The molecule has 0 amide bonds. The number of hydrogen-bond acceptors (Lipinski definition) is 3. The highest BCUT2D eigenvalue weighted by atomic mass is 16.5. The Balaban J connectivity index is 1.86. The zero-order chi connectivity index (χ0) is 14.4. The standard InChI is InChI=1S/C17H28N2O/c1-4-19-11-7-9-16(13-19)14(2)18-12-15-8-5-6-10-17(15)20-3/h5-6,8,10,14,16,18H,4,7,9,11-13H2,1-3H3. The zero-order valence-corrected chi connectivity index (χ0v) is 13.1. The summed E-state index contributed by atoms with van der Waals surface area (Å²) < 4.78 is 5.41. The van der Waals surface area contributed by atoms with Gasteiger partial charge in [-0.05, 0) is 44.8 Å². The Morgan fingerprint density at radius 1 is 1.40 bits per heavy atom. The van der Waals surface area contributed by atoms with Crippen molar-refractivity contribution in [1.82, 2.24) is 10.2 Å². The van der Waals surface area contributed by atoms with E-state index in [4.69, 9.17) is 4.74 Å². The molecule has 1 N–H and O–H groups in total. The van der Waals surface area contributed by atoms with Gasteiger partial charge >= 0.3 is 0 Å². The smallest absolute Gasteiger partial charge is 0.123 e. The lowest BCUT2D eigenvalue weighted by atomic mass is 9.91. The van der Waals surface area contributed by atoms with Gasteiger partial charge < -0.3 is 15.0 Å². The molecule has 3 heteroatoms. The van der Waals surface area contributed by atoms with Gasteiger partial charge in [-0.2, -0.15) is 0 Å². The maximum Gasteiger partial charge on any atom is 0.123 e. The van der Waals surface area contributed by atoms with E-state index >= 15 is 0 Å². The fourth-order valence-electron chi connectivity index (χ4n) is 3.07. The molecule has 1 aliphatic heterocycles. The van der Waals surface area contributed by atoms with Crippen LogP contribution in [0.2, 0.25) is 0 Å². The third-order valence-electron chi connectivity index (χ3n) is 4.50. The second-order valence-electron chi connectivity index (χ2n) is 5.78. The summed E-state index contributed by atoms with van der Waals surface area (Å²) in [4.78, 5) is 2.56. The zero-order valence-electron chi connectivity index (χ0n) is 13.1. The molecular weight excluding hydrogens is 248 g/mol. The summed E-state index contributed by atoms with van der Waals surface area (Å²) in [5.41, 5.74) is 1.24. The predicted octanol–water partition coefficient (Wildman–Crippen LogP) is 2.91. The van der Waals surface area contributed by atoms with Crippen LogP contribution in [0.4, 0.5) is 0 Å².